The van der Waals surface area contributed by atoms with E-state index in [1.165, 1.54) is 4.31 Å². The first-order chi connectivity index (χ1) is 9.90. The van der Waals surface area contributed by atoms with E-state index >= 15 is 0 Å². The fourth-order valence-electron chi connectivity index (χ4n) is 2.68. The van der Waals surface area contributed by atoms with Crippen molar-refractivity contribution in [2.75, 3.05) is 12.3 Å². The zero-order chi connectivity index (χ0) is 15.5. The number of rotatable bonds is 5. The van der Waals surface area contributed by atoms with Gasteiger partial charge in [0.1, 0.15) is 0 Å². The van der Waals surface area contributed by atoms with Gasteiger partial charge in [0.2, 0.25) is 10.0 Å². The highest BCUT2D eigenvalue weighted by molar-refractivity contribution is 7.89. The molecule has 0 saturated carbocycles. The quantitative estimate of drug-likeness (QED) is 0.881. The van der Waals surface area contributed by atoms with Gasteiger partial charge >= 0.3 is 5.97 Å². The number of aliphatic carboxylic acids is 1. The van der Waals surface area contributed by atoms with Crippen LogP contribution in [-0.2, 0) is 21.2 Å². The van der Waals surface area contributed by atoms with Gasteiger partial charge in [0.15, 0.2) is 0 Å². The molecule has 2 atom stereocenters. The third-order valence-electron chi connectivity index (χ3n) is 3.86. The predicted octanol–water partition coefficient (Wildman–Crippen LogP) is 1.14. The molecule has 1 saturated heterocycles. The molecule has 0 aliphatic carbocycles. The van der Waals surface area contributed by atoms with Crippen LogP contribution in [0.3, 0.4) is 0 Å². The summed E-state index contributed by atoms with van der Waals surface area (Å²) in [6.07, 6.45) is 2.76. The van der Waals surface area contributed by atoms with E-state index in [2.05, 4.69) is 4.98 Å². The van der Waals surface area contributed by atoms with Crippen molar-refractivity contribution < 1.29 is 18.3 Å². The lowest BCUT2D eigenvalue weighted by molar-refractivity contribution is -0.143. The van der Waals surface area contributed by atoms with Gasteiger partial charge in [-0.25, -0.2) is 8.42 Å². The maximum absolute atomic E-state index is 12.4. The van der Waals surface area contributed by atoms with Crippen LogP contribution in [0.25, 0.3) is 0 Å². The highest BCUT2D eigenvalue weighted by Gasteiger charge is 2.35. The zero-order valence-electron chi connectivity index (χ0n) is 12.0. The molecular formula is C14H20N2O4S. The first-order valence-corrected chi connectivity index (χ1v) is 8.63. The van der Waals surface area contributed by atoms with Crippen LogP contribution in [0.15, 0.2) is 24.4 Å². The van der Waals surface area contributed by atoms with E-state index in [0.717, 1.165) is 5.69 Å². The summed E-state index contributed by atoms with van der Waals surface area (Å²) in [5, 5.41) is 9.02. The second-order valence-corrected chi connectivity index (χ2v) is 7.45. The van der Waals surface area contributed by atoms with E-state index in [1.807, 2.05) is 6.07 Å². The van der Waals surface area contributed by atoms with Crippen LogP contribution in [-0.4, -0.2) is 47.1 Å². The molecule has 21 heavy (non-hydrogen) atoms. The third-order valence-corrected chi connectivity index (χ3v) is 5.84. The fourth-order valence-corrected chi connectivity index (χ4v) is 4.40. The third kappa shape index (κ3) is 4.01. The molecule has 0 radical (unpaired) electrons. The van der Waals surface area contributed by atoms with Crippen molar-refractivity contribution in [2.45, 2.75) is 32.2 Å². The van der Waals surface area contributed by atoms with Gasteiger partial charge in [0, 0.05) is 30.9 Å². The highest BCUT2D eigenvalue weighted by atomic mass is 32.2. The molecule has 116 valence electrons. The average molecular weight is 312 g/mol. The van der Waals surface area contributed by atoms with Crippen LogP contribution < -0.4 is 0 Å². The molecule has 1 fully saturated rings. The largest absolute Gasteiger partial charge is 0.481 e. The summed E-state index contributed by atoms with van der Waals surface area (Å²) >= 11 is 0. The topological polar surface area (TPSA) is 87.6 Å². The number of carboxylic acid groups (broad SMARTS) is 1. The average Bonchev–Trinajstić information content (AvgIpc) is 2.46. The normalized spacial score (nSPS) is 23.9. The standard InChI is InChI=1S/C14H20N2O4S/c1-11-10-12(14(17)18)5-8-16(11)21(19,20)9-6-13-4-2-3-7-15-13/h2-4,7,11-12H,5-6,8-10H2,1H3,(H,17,18). The molecular weight excluding hydrogens is 292 g/mol. The Balaban J connectivity index is 1.98. The number of carboxylic acids is 1. The lowest BCUT2D eigenvalue weighted by Gasteiger charge is -2.35. The van der Waals surface area contributed by atoms with Crippen molar-refractivity contribution in [1.29, 1.82) is 0 Å². The molecule has 1 aromatic heterocycles. The minimum absolute atomic E-state index is 0.00604. The lowest BCUT2D eigenvalue weighted by atomic mass is 9.93. The minimum Gasteiger partial charge on any atom is -0.481 e. The van der Waals surface area contributed by atoms with E-state index in [-0.39, 0.29) is 18.3 Å². The van der Waals surface area contributed by atoms with Gasteiger partial charge in [0.25, 0.3) is 0 Å². The van der Waals surface area contributed by atoms with Crippen LogP contribution in [0.2, 0.25) is 0 Å². The Kier molecular flexibility index (Phi) is 4.95. The summed E-state index contributed by atoms with van der Waals surface area (Å²) in [5.74, 6) is -1.28. The van der Waals surface area contributed by atoms with Crippen LogP contribution in [0.1, 0.15) is 25.5 Å². The number of pyridine rings is 1. The van der Waals surface area contributed by atoms with E-state index in [4.69, 9.17) is 5.11 Å². The van der Waals surface area contributed by atoms with Gasteiger partial charge in [-0.2, -0.15) is 4.31 Å². The Bertz CT molecular complexity index is 588. The molecule has 2 rings (SSSR count). The molecule has 0 aromatic carbocycles. The number of aryl methyl sites for hydroxylation is 1. The van der Waals surface area contributed by atoms with Gasteiger partial charge < -0.3 is 5.11 Å². The molecule has 2 unspecified atom stereocenters. The van der Waals surface area contributed by atoms with Gasteiger partial charge in [0.05, 0.1) is 11.7 Å². The molecule has 0 spiro atoms. The molecule has 0 bridgehead atoms. The second-order valence-electron chi connectivity index (χ2n) is 5.41. The van der Waals surface area contributed by atoms with E-state index in [0.29, 0.717) is 19.3 Å². The number of nitrogens with zero attached hydrogens (tertiary/aromatic N) is 2. The summed E-state index contributed by atoms with van der Waals surface area (Å²) in [6.45, 7) is 2.05. The number of piperidine rings is 1. The molecule has 6 nitrogen and oxygen atoms in total. The van der Waals surface area contributed by atoms with E-state index in [1.54, 1.807) is 25.3 Å². The van der Waals surface area contributed by atoms with Crippen molar-refractivity contribution in [1.82, 2.24) is 9.29 Å². The lowest BCUT2D eigenvalue weighted by Crippen LogP contribution is -2.47. The fraction of sp³-hybridized carbons (Fsp3) is 0.571. The Morgan fingerprint density at radius 2 is 2.24 bits per heavy atom. The summed E-state index contributed by atoms with van der Waals surface area (Å²) in [5.41, 5.74) is 0.745. The van der Waals surface area contributed by atoms with Crippen molar-refractivity contribution in [3.8, 4) is 0 Å². The van der Waals surface area contributed by atoms with Gasteiger partial charge in [-0.1, -0.05) is 6.07 Å². The minimum atomic E-state index is -3.38. The monoisotopic (exact) mass is 312 g/mol. The number of sulfonamides is 1. The van der Waals surface area contributed by atoms with E-state index in [9.17, 15) is 13.2 Å². The highest BCUT2D eigenvalue weighted by Crippen LogP contribution is 2.25. The van der Waals surface area contributed by atoms with E-state index < -0.39 is 21.9 Å². The van der Waals surface area contributed by atoms with Crippen molar-refractivity contribution in [2.24, 2.45) is 5.92 Å². The summed E-state index contributed by atoms with van der Waals surface area (Å²) < 4.78 is 26.2. The molecule has 1 aliphatic heterocycles. The number of aromatic nitrogens is 1. The van der Waals surface area contributed by atoms with Gasteiger partial charge in [-0.05, 0) is 31.9 Å². The molecule has 1 N–H and O–H groups in total. The maximum atomic E-state index is 12.4. The smallest absolute Gasteiger partial charge is 0.306 e. The SMILES string of the molecule is CC1CC(C(=O)O)CCN1S(=O)(=O)CCc1ccccn1. The molecule has 1 aromatic rings. The number of hydrogen-bond donors (Lipinski definition) is 1. The van der Waals surface area contributed by atoms with Gasteiger partial charge in [-0.3, -0.25) is 9.78 Å². The summed E-state index contributed by atoms with van der Waals surface area (Å²) in [7, 11) is -3.38. The molecule has 1 aliphatic rings. The van der Waals surface area contributed by atoms with Crippen LogP contribution in [0.5, 0.6) is 0 Å². The zero-order valence-corrected chi connectivity index (χ0v) is 12.8. The number of carbonyl (C=O) groups is 1. The van der Waals surface area contributed by atoms with Crippen LogP contribution >= 0.6 is 0 Å². The molecule has 7 heteroatoms. The Morgan fingerprint density at radius 3 is 2.81 bits per heavy atom. The number of hydrogen-bond acceptors (Lipinski definition) is 4. The van der Waals surface area contributed by atoms with Gasteiger partial charge in [-0.15, -0.1) is 0 Å². The summed E-state index contributed by atoms with van der Waals surface area (Å²) in [6, 6.07) is 5.15. The predicted molar refractivity (Wildman–Crippen MR) is 78.3 cm³/mol. The van der Waals surface area contributed by atoms with Crippen molar-refractivity contribution in [3.05, 3.63) is 30.1 Å². The molecule has 0 amide bonds. The first kappa shape index (κ1) is 15.9. The van der Waals surface area contributed by atoms with Crippen molar-refractivity contribution >= 4 is 16.0 Å². The first-order valence-electron chi connectivity index (χ1n) is 7.02. The second kappa shape index (κ2) is 6.53. The molecule has 2 heterocycles. The van der Waals surface area contributed by atoms with Crippen molar-refractivity contribution in [3.63, 3.8) is 0 Å². The Morgan fingerprint density at radius 1 is 1.48 bits per heavy atom. The Hall–Kier alpha value is -1.47. The van der Waals surface area contributed by atoms with Crippen LogP contribution in [0, 0.1) is 5.92 Å². The van der Waals surface area contributed by atoms with Crippen LogP contribution in [0.4, 0.5) is 0 Å². The summed E-state index contributed by atoms with van der Waals surface area (Å²) in [4.78, 5) is 15.1. The maximum Gasteiger partial charge on any atom is 0.306 e. The Labute approximate surface area is 124 Å².